The van der Waals surface area contributed by atoms with Gasteiger partial charge in [0.1, 0.15) is 5.82 Å². The number of anilines is 1. The Bertz CT molecular complexity index is 680. The normalized spacial score (nSPS) is 12.3. The summed E-state index contributed by atoms with van der Waals surface area (Å²) in [7, 11) is 0. The summed E-state index contributed by atoms with van der Waals surface area (Å²) in [5.41, 5.74) is 2.01. The van der Waals surface area contributed by atoms with E-state index in [1.54, 1.807) is 6.20 Å². The first kappa shape index (κ1) is 11.7. The van der Waals surface area contributed by atoms with Gasteiger partial charge in [-0.05, 0) is 37.3 Å². The topological polar surface area (TPSA) is 37.8 Å². The zero-order valence-electron chi connectivity index (χ0n) is 10.7. The molecule has 1 atom stereocenters. The van der Waals surface area contributed by atoms with E-state index in [9.17, 15) is 0 Å². The molecule has 19 heavy (non-hydrogen) atoms. The number of pyridine rings is 2. The molecule has 94 valence electrons. The van der Waals surface area contributed by atoms with Gasteiger partial charge in [-0.3, -0.25) is 4.98 Å². The Labute approximate surface area is 112 Å². The summed E-state index contributed by atoms with van der Waals surface area (Å²) in [4.78, 5) is 8.95. The molecule has 3 aromatic rings. The highest BCUT2D eigenvalue weighted by atomic mass is 15.0. The maximum Gasteiger partial charge on any atom is 0.127 e. The van der Waals surface area contributed by atoms with E-state index in [0.29, 0.717) is 0 Å². The van der Waals surface area contributed by atoms with Crippen molar-refractivity contribution in [2.45, 2.75) is 13.0 Å². The fourth-order valence-electron chi connectivity index (χ4n) is 2.07. The standard InChI is InChI=1S/C16H15N3/c1-12(14-7-4-5-11-17-14)18-16-10-9-13-6-2-3-8-15(13)19-16/h2-12H,1H3,(H,18,19). The number of rotatable bonds is 3. The molecule has 0 radical (unpaired) electrons. The third-order valence-corrected chi connectivity index (χ3v) is 3.09. The molecule has 0 saturated carbocycles. The van der Waals surface area contributed by atoms with Crippen molar-refractivity contribution >= 4 is 16.7 Å². The number of benzene rings is 1. The predicted molar refractivity (Wildman–Crippen MR) is 78.0 cm³/mol. The molecular formula is C16H15N3. The first-order valence-corrected chi connectivity index (χ1v) is 6.36. The molecule has 3 nitrogen and oxygen atoms in total. The third kappa shape index (κ3) is 2.55. The first-order chi connectivity index (χ1) is 9.33. The minimum atomic E-state index is 0.134. The Morgan fingerprint density at radius 3 is 2.63 bits per heavy atom. The summed E-state index contributed by atoms with van der Waals surface area (Å²) < 4.78 is 0. The van der Waals surface area contributed by atoms with Gasteiger partial charge < -0.3 is 5.32 Å². The minimum Gasteiger partial charge on any atom is -0.362 e. The monoisotopic (exact) mass is 249 g/mol. The van der Waals surface area contributed by atoms with E-state index in [2.05, 4.69) is 34.3 Å². The van der Waals surface area contributed by atoms with E-state index >= 15 is 0 Å². The van der Waals surface area contributed by atoms with Crippen LogP contribution in [0.1, 0.15) is 18.7 Å². The quantitative estimate of drug-likeness (QED) is 0.767. The minimum absolute atomic E-state index is 0.134. The summed E-state index contributed by atoms with van der Waals surface area (Å²) in [6, 6.07) is 18.2. The van der Waals surface area contributed by atoms with Crippen molar-refractivity contribution in [2.75, 3.05) is 5.32 Å². The molecule has 0 bridgehead atoms. The number of fused-ring (bicyclic) bond motifs is 1. The number of hydrogen-bond donors (Lipinski definition) is 1. The van der Waals surface area contributed by atoms with Crippen LogP contribution in [0.15, 0.2) is 60.8 Å². The van der Waals surface area contributed by atoms with E-state index in [4.69, 9.17) is 0 Å². The number of para-hydroxylation sites is 1. The van der Waals surface area contributed by atoms with Crippen molar-refractivity contribution < 1.29 is 0 Å². The van der Waals surface area contributed by atoms with Crippen LogP contribution in [0.4, 0.5) is 5.82 Å². The van der Waals surface area contributed by atoms with Gasteiger partial charge in [-0.25, -0.2) is 4.98 Å². The smallest absolute Gasteiger partial charge is 0.127 e. The van der Waals surface area contributed by atoms with Gasteiger partial charge in [-0.15, -0.1) is 0 Å². The lowest BCUT2D eigenvalue weighted by Gasteiger charge is -2.14. The van der Waals surface area contributed by atoms with Gasteiger partial charge in [0.05, 0.1) is 17.3 Å². The Morgan fingerprint density at radius 2 is 1.79 bits per heavy atom. The molecule has 1 aromatic carbocycles. The van der Waals surface area contributed by atoms with Gasteiger partial charge in [0.15, 0.2) is 0 Å². The van der Waals surface area contributed by atoms with Crippen LogP contribution in [0.3, 0.4) is 0 Å². The SMILES string of the molecule is CC(Nc1ccc2ccccc2n1)c1ccccn1. The molecule has 0 aliphatic heterocycles. The maximum atomic E-state index is 4.60. The summed E-state index contributed by atoms with van der Waals surface area (Å²) in [6.07, 6.45) is 1.81. The Kier molecular flexibility index (Phi) is 3.11. The van der Waals surface area contributed by atoms with E-state index < -0.39 is 0 Å². The first-order valence-electron chi connectivity index (χ1n) is 6.36. The summed E-state index contributed by atoms with van der Waals surface area (Å²) in [5, 5.41) is 4.53. The molecule has 0 amide bonds. The molecule has 2 aromatic heterocycles. The molecule has 2 heterocycles. The highest BCUT2D eigenvalue weighted by Gasteiger charge is 2.06. The highest BCUT2D eigenvalue weighted by molar-refractivity contribution is 5.80. The van der Waals surface area contributed by atoms with Crippen LogP contribution in [0.25, 0.3) is 10.9 Å². The van der Waals surface area contributed by atoms with Gasteiger partial charge in [0.2, 0.25) is 0 Å². The molecule has 0 aliphatic carbocycles. The predicted octanol–water partition coefficient (Wildman–Crippen LogP) is 3.80. The van der Waals surface area contributed by atoms with Crippen LogP contribution in [0.5, 0.6) is 0 Å². The lowest BCUT2D eigenvalue weighted by molar-refractivity contribution is 0.833. The number of aromatic nitrogens is 2. The van der Waals surface area contributed by atoms with Crippen LogP contribution >= 0.6 is 0 Å². The Morgan fingerprint density at radius 1 is 0.947 bits per heavy atom. The molecule has 1 N–H and O–H groups in total. The van der Waals surface area contributed by atoms with E-state index in [1.807, 2.05) is 42.5 Å². The van der Waals surface area contributed by atoms with Crippen LogP contribution in [-0.4, -0.2) is 9.97 Å². The Balaban J connectivity index is 1.85. The molecule has 0 spiro atoms. The second-order valence-corrected chi connectivity index (χ2v) is 4.51. The van der Waals surface area contributed by atoms with Crippen LogP contribution < -0.4 is 5.32 Å². The largest absolute Gasteiger partial charge is 0.362 e. The Hall–Kier alpha value is -2.42. The van der Waals surface area contributed by atoms with E-state index in [0.717, 1.165) is 22.4 Å². The summed E-state index contributed by atoms with van der Waals surface area (Å²) in [6.45, 7) is 2.08. The van der Waals surface area contributed by atoms with Crippen molar-refractivity contribution in [3.8, 4) is 0 Å². The summed E-state index contributed by atoms with van der Waals surface area (Å²) in [5.74, 6) is 0.872. The molecule has 3 heteroatoms. The van der Waals surface area contributed by atoms with Crippen molar-refractivity contribution in [1.29, 1.82) is 0 Å². The molecule has 0 aliphatic rings. The van der Waals surface area contributed by atoms with Crippen molar-refractivity contribution in [3.63, 3.8) is 0 Å². The fraction of sp³-hybridized carbons (Fsp3) is 0.125. The molecule has 3 rings (SSSR count). The van der Waals surface area contributed by atoms with Crippen LogP contribution in [-0.2, 0) is 0 Å². The fourth-order valence-corrected chi connectivity index (χ4v) is 2.07. The number of nitrogens with zero attached hydrogens (tertiary/aromatic N) is 2. The lowest BCUT2D eigenvalue weighted by Crippen LogP contribution is -2.09. The summed E-state index contributed by atoms with van der Waals surface area (Å²) >= 11 is 0. The zero-order valence-corrected chi connectivity index (χ0v) is 10.7. The van der Waals surface area contributed by atoms with Gasteiger partial charge in [0, 0.05) is 11.6 Å². The highest BCUT2D eigenvalue weighted by Crippen LogP contribution is 2.19. The average molecular weight is 249 g/mol. The van der Waals surface area contributed by atoms with Gasteiger partial charge in [0.25, 0.3) is 0 Å². The van der Waals surface area contributed by atoms with E-state index in [1.165, 1.54) is 0 Å². The van der Waals surface area contributed by atoms with Crippen molar-refractivity contribution in [2.24, 2.45) is 0 Å². The average Bonchev–Trinajstić information content (AvgIpc) is 2.48. The maximum absolute atomic E-state index is 4.60. The van der Waals surface area contributed by atoms with Gasteiger partial charge >= 0.3 is 0 Å². The van der Waals surface area contributed by atoms with Gasteiger partial charge in [-0.1, -0.05) is 24.3 Å². The second-order valence-electron chi connectivity index (χ2n) is 4.51. The van der Waals surface area contributed by atoms with Crippen LogP contribution in [0.2, 0.25) is 0 Å². The lowest BCUT2D eigenvalue weighted by atomic mass is 10.2. The van der Waals surface area contributed by atoms with Crippen LogP contribution in [0, 0.1) is 0 Å². The van der Waals surface area contributed by atoms with Crippen molar-refractivity contribution in [1.82, 2.24) is 9.97 Å². The number of hydrogen-bond acceptors (Lipinski definition) is 3. The molecule has 1 unspecified atom stereocenters. The van der Waals surface area contributed by atoms with Crippen molar-refractivity contribution in [3.05, 3.63) is 66.5 Å². The molecule has 0 fully saturated rings. The number of nitrogens with one attached hydrogen (secondary N) is 1. The zero-order chi connectivity index (χ0) is 13.1. The van der Waals surface area contributed by atoms with E-state index in [-0.39, 0.29) is 6.04 Å². The second kappa shape index (κ2) is 5.06. The molecular weight excluding hydrogens is 234 g/mol. The third-order valence-electron chi connectivity index (χ3n) is 3.09. The molecule has 0 saturated heterocycles. The van der Waals surface area contributed by atoms with Gasteiger partial charge in [-0.2, -0.15) is 0 Å².